The quantitative estimate of drug-likeness (QED) is 0.609. The molecule has 0 saturated heterocycles. The van der Waals surface area contributed by atoms with Gasteiger partial charge in [-0.25, -0.2) is 0 Å². The molecule has 1 saturated carbocycles. The van der Waals surface area contributed by atoms with Crippen LogP contribution in [-0.4, -0.2) is 15.5 Å². The summed E-state index contributed by atoms with van der Waals surface area (Å²) in [4.78, 5) is 11.8. The Bertz CT molecular complexity index is 486. The zero-order chi connectivity index (χ0) is 16.7. The predicted molar refractivity (Wildman–Crippen MR) is 89.4 cm³/mol. The average Bonchev–Trinajstić information content (AvgIpc) is 2.70. The summed E-state index contributed by atoms with van der Waals surface area (Å²) >= 11 is 1.82. The molecule has 0 atom stereocenters. The molecule has 0 radical (unpaired) electrons. The molecule has 0 aromatic carbocycles. The van der Waals surface area contributed by atoms with Gasteiger partial charge in [0.15, 0.2) is 10.7 Å². The molecule has 3 nitrogen and oxygen atoms in total. The van der Waals surface area contributed by atoms with Crippen LogP contribution in [-0.2, 0) is 4.79 Å². The van der Waals surface area contributed by atoms with Gasteiger partial charge in [0.05, 0.1) is 10.8 Å². The second-order valence-corrected chi connectivity index (χ2v) is 11.1. The van der Waals surface area contributed by atoms with Gasteiger partial charge in [0.25, 0.3) is 0 Å². The van der Waals surface area contributed by atoms with Crippen molar-refractivity contribution in [1.82, 2.24) is 0 Å². The lowest BCUT2D eigenvalue weighted by molar-refractivity contribution is -0.159. The van der Waals surface area contributed by atoms with Gasteiger partial charge in [-0.15, -0.1) is 0 Å². The van der Waals surface area contributed by atoms with Crippen molar-refractivity contribution in [2.45, 2.75) is 79.0 Å². The standard InChI is InChI=1S/C17H30N2OS/c1-12(2,3)16(13(4,5)6)18-19-17(21-16)14(7,8)11(20)15(17,9)10/h1-10H3. The van der Waals surface area contributed by atoms with Crippen molar-refractivity contribution in [3.8, 4) is 0 Å². The van der Waals surface area contributed by atoms with Gasteiger partial charge >= 0.3 is 0 Å². The maximum Gasteiger partial charge on any atom is 0.153 e. The predicted octanol–water partition coefficient (Wildman–Crippen LogP) is 5.31. The van der Waals surface area contributed by atoms with Crippen LogP contribution >= 0.6 is 11.8 Å². The van der Waals surface area contributed by atoms with Gasteiger partial charge in [0, 0.05) is 0 Å². The Labute approximate surface area is 133 Å². The fourth-order valence-corrected chi connectivity index (χ4v) is 6.34. The lowest BCUT2D eigenvalue weighted by Crippen LogP contribution is -2.71. The molecular formula is C17H30N2OS. The summed E-state index contributed by atoms with van der Waals surface area (Å²) in [5, 5.41) is 9.63. The molecule has 0 bridgehead atoms. The van der Waals surface area contributed by atoms with Crippen LogP contribution in [0.2, 0.25) is 0 Å². The largest absolute Gasteiger partial charge is 0.298 e. The van der Waals surface area contributed by atoms with Crippen LogP contribution in [0.4, 0.5) is 0 Å². The summed E-state index contributed by atoms with van der Waals surface area (Å²) in [7, 11) is 0. The molecule has 1 fully saturated rings. The van der Waals surface area contributed by atoms with Crippen molar-refractivity contribution >= 4 is 17.5 Å². The molecule has 1 spiro atoms. The summed E-state index contributed by atoms with van der Waals surface area (Å²) in [6, 6.07) is 0. The number of nitrogens with zero attached hydrogens (tertiary/aromatic N) is 2. The number of hydrogen-bond donors (Lipinski definition) is 0. The van der Waals surface area contributed by atoms with E-state index in [1.54, 1.807) is 0 Å². The van der Waals surface area contributed by atoms with E-state index in [1.165, 1.54) is 0 Å². The van der Waals surface area contributed by atoms with Gasteiger partial charge in [-0.2, -0.15) is 10.2 Å². The maximum atomic E-state index is 12.6. The molecule has 0 amide bonds. The normalized spacial score (nSPS) is 28.8. The number of thioether (sulfide) groups is 1. The molecule has 0 aromatic rings. The van der Waals surface area contributed by atoms with E-state index in [0.29, 0.717) is 5.78 Å². The lowest BCUT2D eigenvalue weighted by Gasteiger charge is -2.62. The molecular weight excluding hydrogens is 280 g/mol. The van der Waals surface area contributed by atoms with Gasteiger partial charge in [0.2, 0.25) is 0 Å². The van der Waals surface area contributed by atoms with E-state index in [2.05, 4.69) is 41.5 Å². The monoisotopic (exact) mass is 310 g/mol. The van der Waals surface area contributed by atoms with Crippen LogP contribution in [0.25, 0.3) is 0 Å². The van der Waals surface area contributed by atoms with Crippen molar-refractivity contribution in [3.63, 3.8) is 0 Å². The fourth-order valence-electron chi connectivity index (χ4n) is 4.44. The van der Waals surface area contributed by atoms with Crippen molar-refractivity contribution in [2.24, 2.45) is 31.9 Å². The first kappa shape index (κ1) is 17.0. The highest BCUT2D eigenvalue weighted by Crippen LogP contribution is 2.75. The first-order valence-electron chi connectivity index (χ1n) is 7.76. The molecule has 120 valence electrons. The highest BCUT2D eigenvalue weighted by Gasteiger charge is 2.79. The van der Waals surface area contributed by atoms with E-state index >= 15 is 0 Å². The van der Waals surface area contributed by atoms with E-state index in [9.17, 15) is 4.79 Å². The minimum Gasteiger partial charge on any atom is -0.298 e. The van der Waals surface area contributed by atoms with Gasteiger partial charge in [-0.05, 0) is 38.5 Å². The van der Waals surface area contributed by atoms with Crippen LogP contribution in [0.3, 0.4) is 0 Å². The Balaban J connectivity index is 2.59. The number of Topliss-reactive ketones (excluding diaryl/α,β-unsaturated/α-hetero) is 1. The van der Waals surface area contributed by atoms with Crippen LogP contribution in [0, 0.1) is 21.7 Å². The minimum atomic E-state index is -0.455. The van der Waals surface area contributed by atoms with Crippen molar-refractivity contribution in [3.05, 3.63) is 0 Å². The zero-order valence-electron chi connectivity index (χ0n) is 15.2. The molecule has 2 rings (SSSR count). The van der Waals surface area contributed by atoms with E-state index in [0.717, 1.165) is 0 Å². The molecule has 0 unspecified atom stereocenters. The summed E-state index contributed by atoms with van der Waals surface area (Å²) in [5.74, 6) is 0.292. The van der Waals surface area contributed by atoms with E-state index in [4.69, 9.17) is 10.2 Å². The molecule has 1 aliphatic heterocycles. The third kappa shape index (κ3) is 1.66. The molecule has 2 aliphatic rings. The Kier molecular flexibility index (Phi) is 3.18. The van der Waals surface area contributed by atoms with Crippen LogP contribution in [0.15, 0.2) is 10.2 Å². The second-order valence-electron chi connectivity index (χ2n) is 9.67. The number of hydrogen-bond acceptors (Lipinski definition) is 4. The number of carbonyl (C=O) groups excluding carboxylic acids is 1. The molecule has 0 aromatic heterocycles. The minimum absolute atomic E-state index is 0.0340. The van der Waals surface area contributed by atoms with Crippen molar-refractivity contribution in [2.75, 3.05) is 0 Å². The van der Waals surface area contributed by atoms with Gasteiger partial charge < -0.3 is 0 Å². The number of azo groups is 1. The summed E-state index contributed by atoms with van der Waals surface area (Å²) in [6.45, 7) is 21.4. The summed E-state index contributed by atoms with van der Waals surface area (Å²) in [6.07, 6.45) is 0. The average molecular weight is 311 g/mol. The highest BCUT2D eigenvalue weighted by atomic mass is 32.2. The fraction of sp³-hybridized carbons (Fsp3) is 0.941. The molecule has 1 heterocycles. The third-order valence-electron chi connectivity index (χ3n) is 5.49. The van der Waals surface area contributed by atoms with Gasteiger partial charge in [0.1, 0.15) is 4.87 Å². The number of ketones is 1. The van der Waals surface area contributed by atoms with E-state index in [-0.39, 0.29) is 15.7 Å². The summed E-state index contributed by atoms with van der Waals surface area (Å²) < 4.78 is 0. The summed E-state index contributed by atoms with van der Waals surface area (Å²) in [5.41, 5.74) is -0.979. The smallest absolute Gasteiger partial charge is 0.153 e. The van der Waals surface area contributed by atoms with Crippen LogP contribution in [0.5, 0.6) is 0 Å². The number of rotatable bonds is 0. The van der Waals surface area contributed by atoms with Crippen molar-refractivity contribution in [1.29, 1.82) is 0 Å². The molecule has 0 N–H and O–H groups in total. The van der Waals surface area contributed by atoms with Gasteiger partial charge in [-0.3, -0.25) is 4.79 Å². The van der Waals surface area contributed by atoms with Crippen LogP contribution < -0.4 is 0 Å². The molecule has 21 heavy (non-hydrogen) atoms. The Morgan fingerprint density at radius 3 is 1.48 bits per heavy atom. The SMILES string of the molecule is CC(C)(C)C1(C(C)(C)C)N=NC2(S1)C(C)(C)C(=O)C2(C)C. The van der Waals surface area contributed by atoms with Gasteiger partial charge in [-0.1, -0.05) is 53.3 Å². The van der Waals surface area contributed by atoms with Crippen molar-refractivity contribution < 1.29 is 4.79 Å². The first-order valence-corrected chi connectivity index (χ1v) is 8.58. The Morgan fingerprint density at radius 2 is 1.19 bits per heavy atom. The molecule has 1 aliphatic carbocycles. The zero-order valence-corrected chi connectivity index (χ0v) is 16.0. The highest BCUT2D eigenvalue weighted by molar-refractivity contribution is 8.02. The van der Waals surface area contributed by atoms with Crippen LogP contribution in [0.1, 0.15) is 69.2 Å². The lowest BCUT2D eigenvalue weighted by atomic mass is 9.50. The van der Waals surface area contributed by atoms with E-state index in [1.807, 2.05) is 39.5 Å². The maximum absolute atomic E-state index is 12.6. The first-order chi connectivity index (χ1) is 9.07. The Hall–Kier alpha value is -0.380. The van der Waals surface area contributed by atoms with E-state index < -0.39 is 15.7 Å². The second kappa shape index (κ2) is 3.93. The topological polar surface area (TPSA) is 41.8 Å². The number of carbonyl (C=O) groups is 1. The third-order valence-corrected chi connectivity index (χ3v) is 8.49. The molecule has 4 heteroatoms. The Morgan fingerprint density at radius 1 is 0.810 bits per heavy atom.